The van der Waals surface area contributed by atoms with Gasteiger partial charge in [-0.3, -0.25) is 19.4 Å². The van der Waals surface area contributed by atoms with E-state index in [9.17, 15) is 14.4 Å². The Morgan fingerprint density at radius 3 is 2.28 bits per heavy atom. The molecule has 2 rings (SSSR count). The van der Waals surface area contributed by atoms with Crippen LogP contribution in [-0.2, 0) is 33.3 Å². The molecule has 2 aliphatic heterocycles. The molecule has 0 aromatic rings. The van der Waals surface area contributed by atoms with Crippen molar-refractivity contribution in [2.24, 2.45) is 4.99 Å². The van der Waals surface area contributed by atoms with E-state index in [2.05, 4.69) is 4.99 Å². The van der Waals surface area contributed by atoms with E-state index in [1.165, 1.54) is 32.5 Å². The zero-order chi connectivity index (χ0) is 18.6. The van der Waals surface area contributed by atoms with Gasteiger partial charge < -0.3 is 18.9 Å². The average Bonchev–Trinajstić information content (AvgIpc) is 2.89. The first-order chi connectivity index (χ1) is 11.8. The summed E-state index contributed by atoms with van der Waals surface area (Å²) in [5, 5.41) is 0.907. The molecule has 2 heterocycles. The Bertz CT molecular complexity index is 565. The maximum Gasteiger partial charge on any atom is 0.303 e. The van der Waals surface area contributed by atoms with Crippen LogP contribution in [0.25, 0.3) is 0 Å². The van der Waals surface area contributed by atoms with E-state index in [1.807, 2.05) is 6.92 Å². The van der Waals surface area contributed by atoms with Gasteiger partial charge in [-0.2, -0.15) is 0 Å². The van der Waals surface area contributed by atoms with E-state index in [0.29, 0.717) is 0 Å². The highest BCUT2D eigenvalue weighted by Crippen LogP contribution is 2.40. The predicted octanol–water partition coefficient (Wildman–Crippen LogP) is 1.45. The highest BCUT2D eigenvalue weighted by molar-refractivity contribution is 8.14. The third-order valence-corrected chi connectivity index (χ3v) is 4.88. The molecule has 140 valence electrons. The number of esters is 3. The smallest absolute Gasteiger partial charge is 0.303 e. The van der Waals surface area contributed by atoms with E-state index < -0.39 is 42.3 Å². The van der Waals surface area contributed by atoms with Gasteiger partial charge in [0.1, 0.15) is 24.2 Å². The highest BCUT2D eigenvalue weighted by atomic mass is 32.2. The van der Waals surface area contributed by atoms with Crippen LogP contribution in [0.4, 0.5) is 0 Å². The summed E-state index contributed by atoms with van der Waals surface area (Å²) in [6.07, 6.45) is -0.703. The lowest BCUT2D eigenvalue weighted by molar-refractivity contribution is -0.208. The van der Waals surface area contributed by atoms with Crippen molar-refractivity contribution in [3.05, 3.63) is 0 Å². The molecule has 0 aliphatic carbocycles. The molecule has 5 atom stereocenters. The van der Waals surface area contributed by atoms with Crippen molar-refractivity contribution in [2.75, 3.05) is 6.61 Å². The second-order valence-corrected chi connectivity index (χ2v) is 7.05. The standard InChI is InChI=1S/C16H23NO7S/c1-5-6-12-17-13-15(23-10(4)20)14(22-9(3)19)11(7-21-8(2)18)24-16(13)25-12/h11,13-16H,5-7H2,1-4H3/t11-,13-,14-,15-,16-/m1/s1. The molecule has 25 heavy (non-hydrogen) atoms. The van der Waals surface area contributed by atoms with E-state index in [1.54, 1.807) is 0 Å². The first-order valence-electron chi connectivity index (χ1n) is 8.18. The van der Waals surface area contributed by atoms with Crippen LogP contribution in [-0.4, -0.2) is 59.3 Å². The van der Waals surface area contributed by atoms with Crippen LogP contribution in [0.1, 0.15) is 40.5 Å². The van der Waals surface area contributed by atoms with Crippen LogP contribution >= 0.6 is 11.8 Å². The topological polar surface area (TPSA) is 100 Å². The molecular formula is C16H23NO7S. The molecule has 0 aromatic heterocycles. The summed E-state index contributed by atoms with van der Waals surface area (Å²) in [4.78, 5) is 38.8. The number of nitrogens with zero attached hydrogens (tertiary/aromatic N) is 1. The maximum absolute atomic E-state index is 11.6. The second kappa shape index (κ2) is 8.66. The Kier molecular flexibility index (Phi) is 6.83. The Morgan fingerprint density at radius 2 is 1.72 bits per heavy atom. The van der Waals surface area contributed by atoms with Gasteiger partial charge in [-0.05, 0) is 6.42 Å². The minimum absolute atomic E-state index is 0.0993. The highest BCUT2D eigenvalue weighted by Gasteiger charge is 2.52. The number of rotatable bonds is 6. The molecule has 0 unspecified atom stereocenters. The van der Waals surface area contributed by atoms with Crippen LogP contribution in [0.3, 0.4) is 0 Å². The monoisotopic (exact) mass is 373 g/mol. The van der Waals surface area contributed by atoms with Crippen molar-refractivity contribution in [3.63, 3.8) is 0 Å². The maximum atomic E-state index is 11.6. The van der Waals surface area contributed by atoms with Crippen molar-refractivity contribution >= 4 is 34.7 Å². The molecule has 0 saturated carbocycles. The summed E-state index contributed by atoms with van der Waals surface area (Å²) in [5.74, 6) is -1.52. The fourth-order valence-corrected chi connectivity index (χ4v) is 4.11. The molecule has 2 aliphatic rings. The largest absolute Gasteiger partial charge is 0.463 e. The molecule has 0 N–H and O–H groups in total. The lowest BCUT2D eigenvalue weighted by Crippen LogP contribution is -2.59. The number of fused-ring (bicyclic) bond motifs is 1. The molecular weight excluding hydrogens is 350 g/mol. The van der Waals surface area contributed by atoms with Crippen LogP contribution in [0.5, 0.6) is 0 Å². The van der Waals surface area contributed by atoms with Gasteiger partial charge >= 0.3 is 17.9 Å². The van der Waals surface area contributed by atoms with Gasteiger partial charge in [-0.25, -0.2) is 0 Å². The summed E-state index contributed by atoms with van der Waals surface area (Å²) < 4.78 is 21.8. The molecule has 9 heteroatoms. The molecule has 8 nitrogen and oxygen atoms in total. The first-order valence-corrected chi connectivity index (χ1v) is 9.06. The molecule has 1 fully saturated rings. The van der Waals surface area contributed by atoms with E-state index in [0.717, 1.165) is 17.9 Å². The first kappa shape index (κ1) is 19.7. The summed E-state index contributed by atoms with van der Waals surface area (Å²) in [6.45, 7) is 5.77. The normalized spacial score (nSPS) is 30.9. The zero-order valence-electron chi connectivity index (χ0n) is 14.7. The third kappa shape index (κ3) is 5.18. The lowest BCUT2D eigenvalue weighted by Gasteiger charge is -2.41. The Hall–Kier alpha value is -1.61. The van der Waals surface area contributed by atoms with Gasteiger partial charge in [0, 0.05) is 20.8 Å². The summed E-state index contributed by atoms with van der Waals surface area (Å²) in [6, 6.07) is -0.464. The lowest BCUT2D eigenvalue weighted by atomic mass is 9.97. The minimum atomic E-state index is -0.896. The third-order valence-electron chi connectivity index (χ3n) is 3.68. The molecule has 1 saturated heterocycles. The van der Waals surface area contributed by atoms with E-state index in [-0.39, 0.29) is 12.0 Å². The van der Waals surface area contributed by atoms with Gasteiger partial charge in [0.15, 0.2) is 12.2 Å². The van der Waals surface area contributed by atoms with Gasteiger partial charge in [0.25, 0.3) is 0 Å². The van der Waals surface area contributed by atoms with Crippen molar-refractivity contribution in [3.8, 4) is 0 Å². The van der Waals surface area contributed by atoms with Gasteiger partial charge in [-0.1, -0.05) is 25.1 Å². The minimum Gasteiger partial charge on any atom is -0.463 e. The van der Waals surface area contributed by atoms with Crippen molar-refractivity contribution in [1.82, 2.24) is 0 Å². The SMILES string of the molecule is CCCC1=N[C@@H]2[C@@H](OC(C)=O)[C@H](OC(C)=O)[C@@H](COC(C)=O)O[C@@H]2S1. The Balaban J connectivity index is 2.27. The number of carbonyl (C=O) groups excluding carboxylic acids is 3. The number of hydrogen-bond donors (Lipinski definition) is 0. The van der Waals surface area contributed by atoms with E-state index >= 15 is 0 Å². The molecule has 0 aromatic carbocycles. The summed E-state index contributed by atoms with van der Waals surface area (Å²) in [7, 11) is 0. The predicted molar refractivity (Wildman–Crippen MR) is 90.1 cm³/mol. The Morgan fingerprint density at radius 1 is 1.08 bits per heavy atom. The quantitative estimate of drug-likeness (QED) is 0.509. The van der Waals surface area contributed by atoms with Crippen molar-refractivity contribution in [1.29, 1.82) is 0 Å². The number of thioether (sulfide) groups is 1. The number of ether oxygens (including phenoxy) is 4. The Labute approximate surface area is 150 Å². The summed E-state index contributed by atoms with van der Waals surface area (Å²) >= 11 is 1.46. The van der Waals surface area contributed by atoms with Gasteiger partial charge in [0.2, 0.25) is 0 Å². The molecule has 0 radical (unpaired) electrons. The van der Waals surface area contributed by atoms with Gasteiger partial charge in [0.05, 0.1) is 5.04 Å². The number of aliphatic imine (C=N–C) groups is 1. The van der Waals surface area contributed by atoms with Crippen LogP contribution < -0.4 is 0 Å². The van der Waals surface area contributed by atoms with Crippen LogP contribution in [0.2, 0.25) is 0 Å². The van der Waals surface area contributed by atoms with Crippen molar-refractivity contribution < 1.29 is 33.3 Å². The fourth-order valence-electron chi connectivity index (χ4n) is 2.79. The second-order valence-electron chi connectivity index (χ2n) is 5.87. The van der Waals surface area contributed by atoms with E-state index in [4.69, 9.17) is 18.9 Å². The van der Waals surface area contributed by atoms with Crippen LogP contribution in [0.15, 0.2) is 4.99 Å². The average molecular weight is 373 g/mol. The number of hydrogen-bond acceptors (Lipinski definition) is 9. The van der Waals surface area contributed by atoms with Crippen molar-refractivity contribution in [2.45, 2.75) is 70.3 Å². The molecule has 0 bridgehead atoms. The molecule has 0 amide bonds. The van der Waals surface area contributed by atoms with Gasteiger partial charge in [-0.15, -0.1) is 0 Å². The fraction of sp³-hybridized carbons (Fsp3) is 0.750. The molecule has 0 spiro atoms. The van der Waals surface area contributed by atoms with Crippen LogP contribution in [0, 0.1) is 0 Å². The zero-order valence-corrected chi connectivity index (χ0v) is 15.5. The number of carbonyl (C=O) groups is 3. The summed E-state index contributed by atoms with van der Waals surface area (Å²) in [5.41, 5.74) is -0.377.